The predicted octanol–water partition coefficient (Wildman–Crippen LogP) is 3.04. The van der Waals surface area contributed by atoms with Crippen molar-refractivity contribution in [1.29, 1.82) is 5.26 Å². The molecule has 5 rings (SSSR count). The monoisotopic (exact) mass is 433 g/mol. The Labute approximate surface area is 179 Å². The maximum Gasteiger partial charge on any atom is 0.398 e. The van der Waals surface area contributed by atoms with Crippen LogP contribution in [0.3, 0.4) is 0 Å². The first-order valence-corrected chi connectivity index (χ1v) is 11.0. The molecule has 4 atom stereocenters. The number of alkyl halides is 3. The molecule has 0 radical (unpaired) electrons. The summed E-state index contributed by atoms with van der Waals surface area (Å²) in [5.41, 5.74) is 2.69. The fraction of sp³-hybridized carbons (Fsp3) is 0.636. The van der Waals surface area contributed by atoms with Crippen molar-refractivity contribution in [3.05, 3.63) is 29.8 Å². The highest BCUT2D eigenvalue weighted by molar-refractivity contribution is 5.82. The van der Waals surface area contributed by atoms with Crippen molar-refractivity contribution < 1.29 is 18.0 Å². The van der Waals surface area contributed by atoms with Crippen molar-refractivity contribution in [3.63, 3.8) is 0 Å². The van der Waals surface area contributed by atoms with Crippen LogP contribution in [0.4, 0.5) is 18.9 Å². The Bertz CT molecular complexity index is 888. The number of nitrogens with zero attached hydrogens (tertiary/aromatic N) is 2. The van der Waals surface area contributed by atoms with Crippen molar-refractivity contribution in [2.24, 2.45) is 11.8 Å². The van der Waals surface area contributed by atoms with Gasteiger partial charge in [-0.1, -0.05) is 12.1 Å². The van der Waals surface area contributed by atoms with Crippen LogP contribution in [-0.4, -0.2) is 41.9 Å². The van der Waals surface area contributed by atoms with Crippen LogP contribution < -0.4 is 16.1 Å². The number of hydrogen-bond acceptors (Lipinski definition) is 5. The molecule has 3 unspecified atom stereocenters. The van der Waals surface area contributed by atoms with Gasteiger partial charge in [0.2, 0.25) is 5.91 Å². The average Bonchev–Trinajstić information content (AvgIpc) is 3.64. The molecule has 0 spiro atoms. The molecule has 1 aromatic carbocycles. The normalized spacial score (nSPS) is 30.8. The molecule has 1 amide bonds. The highest BCUT2D eigenvalue weighted by Gasteiger charge is 2.64. The van der Waals surface area contributed by atoms with E-state index >= 15 is 0 Å². The summed E-state index contributed by atoms with van der Waals surface area (Å²) in [6.07, 6.45) is -0.965. The molecule has 31 heavy (non-hydrogen) atoms. The molecule has 166 valence electrons. The molecule has 2 aliphatic carbocycles. The number of nitrogens with one attached hydrogen (secondary N) is 3. The lowest BCUT2D eigenvalue weighted by Gasteiger charge is -2.34. The van der Waals surface area contributed by atoms with Crippen LogP contribution in [0.2, 0.25) is 0 Å². The molecule has 3 N–H and O–H groups in total. The number of carbonyl (C=O) groups is 1. The topological polar surface area (TPSA) is 80.2 Å². The summed E-state index contributed by atoms with van der Waals surface area (Å²) in [4.78, 5) is 12.7. The Hall–Kier alpha value is -2.31. The first-order chi connectivity index (χ1) is 14.8. The molecule has 0 aromatic heterocycles. The van der Waals surface area contributed by atoms with Crippen LogP contribution in [0.5, 0.6) is 0 Å². The van der Waals surface area contributed by atoms with E-state index in [1.807, 2.05) is 0 Å². The van der Waals surface area contributed by atoms with E-state index in [1.165, 1.54) is 12.1 Å². The van der Waals surface area contributed by atoms with Crippen LogP contribution in [0, 0.1) is 23.2 Å². The van der Waals surface area contributed by atoms with Gasteiger partial charge in [0, 0.05) is 24.3 Å². The van der Waals surface area contributed by atoms with Gasteiger partial charge in [-0.15, -0.1) is 0 Å². The molecular formula is C22H26F3N5O. The first-order valence-electron chi connectivity index (χ1n) is 11.0. The minimum Gasteiger partial charge on any atom is -0.368 e. The van der Waals surface area contributed by atoms with Crippen molar-refractivity contribution >= 4 is 11.6 Å². The number of hydrogen-bond donors (Lipinski definition) is 3. The molecule has 0 bridgehead atoms. The second-order valence-corrected chi connectivity index (χ2v) is 9.26. The lowest BCUT2D eigenvalue weighted by molar-refractivity contribution is -0.160. The highest BCUT2D eigenvalue weighted by atomic mass is 19.4. The zero-order chi connectivity index (χ0) is 21.8. The molecule has 2 aliphatic heterocycles. The molecular weight excluding hydrogens is 407 g/mol. The first kappa shape index (κ1) is 20.6. The minimum absolute atomic E-state index is 0.00978. The Kier molecular flexibility index (Phi) is 4.90. The smallest absolute Gasteiger partial charge is 0.368 e. The predicted molar refractivity (Wildman–Crippen MR) is 107 cm³/mol. The number of rotatable bonds is 6. The van der Waals surface area contributed by atoms with E-state index in [2.05, 4.69) is 27.1 Å². The number of hydrazine groups is 1. The lowest BCUT2D eigenvalue weighted by atomic mass is 9.90. The van der Waals surface area contributed by atoms with Gasteiger partial charge in [0.15, 0.2) is 0 Å². The molecule has 2 heterocycles. The SMILES string of the molecule is N#CC[C@@H](C1CC1)N1NC(Nc2ccc(C3(C(F)(F)F)CC3)cc2)C2C(=O)NCCC21. The van der Waals surface area contributed by atoms with Gasteiger partial charge < -0.3 is 10.6 Å². The molecule has 2 saturated carbocycles. The van der Waals surface area contributed by atoms with Crippen LogP contribution >= 0.6 is 0 Å². The van der Waals surface area contributed by atoms with E-state index in [9.17, 15) is 23.2 Å². The van der Waals surface area contributed by atoms with Gasteiger partial charge >= 0.3 is 6.18 Å². The number of piperidine rings is 1. The molecule has 2 saturated heterocycles. The van der Waals surface area contributed by atoms with E-state index in [4.69, 9.17) is 0 Å². The average molecular weight is 433 g/mol. The highest BCUT2D eigenvalue weighted by Crippen LogP contribution is 2.58. The summed E-state index contributed by atoms with van der Waals surface area (Å²) in [5.74, 6) is 0.0899. The van der Waals surface area contributed by atoms with Crippen molar-refractivity contribution in [1.82, 2.24) is 15.8 Å². The standard InChI is InChI=1S/C22H26F3N5O/c23-22(24,25)21(9-10-21)14-3-5-15(6-4-14)28-19-18-17(8-12-27-20(18)31)30(29-19)16(7-11-26)13-1-2-13/h3-6,13,16-19,28-29H,1-2,7-10,12H2,(H,27,31)/t16-,17?,18?,19?/m0/s1. The van der Waals surface area contributed by atoms with Crippen LogP contribution in [0.15, 0.2) is 24.3 Å². The van der Waals surface area contributed by atoms with E-state index in [0.717, 1.165) is 19.3 Å². The quantitative estimate of drug-likeness (QED) is 0.643. The number of anilines is 1. The Morgan fingerprint density at radius 1 is 1.23 bits per heavy atom. The van der Waals surface area contributed by atoms with E-state index in [1.54, 1.807) is 12.1 Å². The fourth-order valence-corrected chi connectivity index (χ4v) is 5.29. The number of benzene rings is 1. The zero-order valence-electron chi connectivity index (χ0n) is 17.1. The minimum atomic E-state index is -4.23. The Morgan fingerprint density at radius 2 is 1.94 bits per heavy atom. The fourth-order valence-electron chi connectivity index (χ4n) is 5.29. The third-order valence-corrected chi connectivity index (χ3v) is 7.34. The number of amides is 1. The number of nitriles is 1. The lowest BCUT2D eigenvalue weighted by Crippen LogP contribution is -2.52. The Morgan fingerprint density at radius 3 is 2.52 bits per heavy atom. The second kappa shape index (κ2) is 7.38. The summed E-state index contributed by atoms with van der Waals surface area (Å²) in [5, 5.41) is 17.6. The number of halogens is 3. The van der Waals surface area contributed by atoms with Gasteiger partial charge in [0.05, 0.1) is 23.8 Å². The summed E-state index contributed by atoms with van der Waals surface area (Å²) >= 11 is 0. The summed E-state index contributed by atoms with van der Waals surface area (Å²) in [6.45, 7) is 0.600. The summed E-state index contributed by atoms with van der Waals surface area (Å²) in [7, 11) is 0. The molecule has 4 aliphatic rings. The second-order valence-electron chi connectivity index (χ2n) is 9.26. The van der Waals surface area contributed by atoms with Crippen LogP contribution in [0.25, 0.3) is 0 Å². The Balaban J connectivity index is 1.35. The largest absolute Gasteiger partial charge is 0.398 e. The number of carbonyl (C=O) groups excluding carboxylic acids is 1. The van der Waals surface area contributed by atoms with E-state index in [0.29, 0.717) is 30.1 Å². The third-order valence-electron chi connectivity index (χ3n) is 7.34. The molecule has 6 nitrogen and oxygen atoms in total. The van der Waals surface area contributed by atoms with Crippen molar-refractivity contribution in [2.45, 2.75) is 68.4 Å². The summed E-state index contributed by atoms with van der Waals surface area (Å²) < 4.78 is 40.2. The van der Waals surface area contributed by atoms with Gasteiger partial charge in [-0.3, -0.25) is 4.79 Å². The molecule has 1 aromatic rings. The third kappa shape index (κ3) is 3.56. The van der Waals surface area contributed by atoms with E-state index < -0.39 is 11.6 Å². The maximum absolute atomic E-state index is 13.4. The van der Waals surface area contributed by atoms with Gasteiger partial charge in [-0.25, -0.2) is 10.4 Å². The van der Waals surface area contributed by atoms with Crippen LogP contribution in [0.1, 0.15) is 44.1 Å². The summed E-state index contributed by atoms with van der Waals surface area (Å²) in [6, 6.07) is 8.74. The van der Waals surface area contributed by atoms with Gasteiger partial charge in [-0.2, -0.15) is 18.4 Å². The molecule has 9 heteroatoms. The molecule has 4 fully saturated rings. The number of fused-ring (bicyclic) bond motifs is 1. The van der Waals surface area contributed by atoms with Gasteiger partial charge in [0.1, 0.15) is 6.17 Å². The van der Waals surface area contributed by atoms with E-state index in [-0.39, 0.29) is 42.9 Å². The van der Waals surface area contributed by atoms with Crippen molar-refractivity contribution in [3.8, 4) is 6.07 Å². The van der Waals surface area contributed by atoms with Gasteiger partial charge in [-0.05, 0) is 55.7 Å². The van der Waals surface area contributed by atoms with Crippen LogP contribution in [-0.2, 0) is 10.2 Å². The van der Waals surface area contributed by atoms with Gasteiger partial charge in [0.25, 0.3) is 0 Å². The van der Waals surface area contributed by atoms with Crippen molar-refractivity contribution in [2.75, 3.05) is 11.9 Å². The maximum atomic E-state index is 13.4. The zero-order valence-corrected chi connectivity index (χ0v) is 17.1.